The molecule has 0 fully saturated rings. The molecule has 2 heterocycles. The first kappa shape index (κ1) is 29.6. The van der Waals surface area contributed by atoms with Crippen molar-refractivity contribution in [1.82, 2.24) is 18.7 Å². The van der Waals surface area contributed by atoms with Gasteiger partial charge in [0.2, 0.25) is 16.0 Å². The number of aromatic nitrogens is 3. The largest absolute Gasteiger partial charge is 0.478 e. The third-order valence-electron chi connectivity index (χ3n) is 6.74. The molecule has 11 nitrogen and oxygen atoms in total. The van der Waals surface area contributed by atoms with E-state index in [-0.39, 0.29) is 42.4 Å². The minimum Gasteiger partial charge on any atom is -0.478 e. The first-order chi connectivity index (χ1) is 19.1. The summed E-state index contributed by atoms with van der Waals surface area (Å²) in [6, 6.07) is 10.9. The summed E-state index contributed by atoms with van der Waals surface area (Å²) in [6.45, 7) is 1.41. The molecule has 4 rings (SSSR count). The molecule has 0 amide bonds. The van der Waals surface area contributed by atoms with Crippen LogP contribution in [-0.4, -0.2) is 58.0 Å². The zero-order valence-electron chi connectivity index (χ0n) is 22.1. The lowest BCUT2D eigenvalue weighted by atomic mass is 9.94. The van der Waals surface area contributed by atoms with E-state index in [0.717, 1.165) is 31.9 Å². The van der Waals surface area contributed by atoms with E-state index in [2.05, 4.69) is 5.10 Å². The fourth-order valence-corrected chi connectivity index (χ4v) is 5.06. The molecule has 1 aromatic heterocycles. The highest BCUT2D eigenvalue weighted by Crippen LogP contribution is 2.42. The van der Waals surface area contributed by atoms with E-state index in [9.17, 15) is 41.5 Å². The van der Waals surface area contributed by atoms with Gasteiger partial charge < -0.3 is 5.11 Å². The molecular formula is C26H25F3N6O5S. The number of carbonyl (C=O) groups is 1. The number of aryl methyl sites for hydroxylation is 1. The summed E-state index contributed by atoms with van der Waals surface area (Å²) >= 11 is 0. The van der Waals surface area contributed by atoms with Crippen LogP contribution in [-0.2, 0) is 27.5 Å². The standard InChI is InChI=1S/C26H25F3N6O5S/c1-16-21(23(36)37)22(18-10-8-17(15-30)9-11-18)35-24(34(16)20-7-4-6-19(14-20)26(27,28)29)31-33(25(35)38)13-5-12-32(2)41(3,39)40/h4,6-11,14,22H,5,12-13H2,1-3H3,(H,36,37). The quantitative estimate of drug-likeness (QED) is 0.421. The summed E-state index contributed by atoms with van der Waals surface area (Å²) in [5.74, 6) is -1.53. The molecular weight excluding hydrogens is 565 g/mol. The number of benzene rings is 2. The van der Waals surface area contributed by atoms with Crippen molar-refractivity contribution < 1.29 is 31.5 Å². The second kappa shape index (κ2) is 10.9. The summed E-state index contributed by atoms with van der Waals surface area (Å²) in [7, 11) is -2.11. The predicted molar refractivity (Wildman–Crippen MR) is 142 cm³/mol. The molecule has 1 N–H and O–H groups in total. The van der Waals surface area contributed by atoms with Gasteiger partial charge in [0.1, 0.15) is 6.04 Å². The number of sulfonamides is 1. The van der Waals surface area contributed by atoms with Crippen LogP contribution in [0.3, 0.4) is 0 Å². The number of nitriles is 1. The lowest BCUT2D eigenvalue weighted by molar-refractivity contribution is -0.137. The Kier molecular flexibility index (Phi) is 7.83. The van der Waals surface area contributed by atoms with Gasteiger partial charge >= 0.3 is 17.8 Å². The molecule has 3 aromatic rings. The normalized spacial score (nSPS) is 15.7. The molecule has 1 atom stereocenters. The van der Waals surface area contributed by atoms with Crippen molar-refractivity contribution in [1.29, 1.82) is 5.26 Å². The number of carboxylic acids is 1. The highest BCUT2D eigenvalue weighted by atomic mass is 32.2. The number of hydrogen-bond acceptors (Lipinski definition) is 7. The van der Waals surface area contributed by atoms with E-state index in [1.807, 2.05) is 6.07 Å². The molecule has 1 unspecified atom stereocenters. The van der Waals surface area contributed by atoms with Crippen molar-refractivity contribution in [2.75, 3.05) is 24.7 Å². The third-order valence-corrected chi connectivity index (χ3v) is 8.05. The Bertz CT molecular complexity index is 1740. The molecule has 15 heteroatoms. The van der Waals surface area contributed by atoms with Crippen LogP contribution >= 0.6 is 0 Å². The number of rotatable bonds is 8. The third kappa shape index (κ3) is 5.74. The zero-order chi connectivity index (χ0) is 30.3. The van der Waals surface area contributed by atoms with Gasteiger partial charge in [-0.1, -0.05) is 18.2 Å². The van der Waals surface area contributed by atoms with Gasteiger partial charge in [-0.05, 0) is 49.2 Å². The predicted octanol–water partition coefficient (Wildman–Crippen LogP) is 3.32. The van der Waals surface area contributed by atoms with Crippen molar-refractivity contribution in [2.24, 2.45) is 0 Å². The van der Waals surface area contributed by atoms with Gasteiger partial charge in [0.15, 0.2) is 0 Å². The summed E-state index contributed by atoms with van der Waals surface area (Å²) in [6.07, 6.45) is -3.48. The van der Waals surface area contributed by atoms with Crippen LogP contribution in [0.5, 0.6) is 0 Å². The number of hydrogen-bond donors (Lipinski definition) is 1. The van der Waals surface area contributed by atoms with Crippen LogP contribution < -0.4 is 10.6 Å². The van der Waals surface area contributed by atoms with Crippen molar-refractivity contribution in [2.45, 2.75) is 32.1 Å². The molecule has 0 saturated heterocycles. The number of aliphatic carboxylic acids is 1. The SMILES string of the molecule is CC1=C(C(=O)O)C(c2ccc(C#N)cc2)n2c(nn(CCCN(C)S(C)(=O)=O)c2=O)N1c1cccc(C(F)(F)F)c1. The van der Waals surface area contributed by atoms with Gasteiger partial charge in [0.25, 0.3) is 0 Å². The molecule has 0 aliphatic carbocycles. The topological polar surface area (TPSA) is 142 Å². The van der Waals surface area contributed by atoms with Crippen LogP contribution in [0.1, 0.15) is 36.1 Å². The Morgan fingerprint density at radius 2 is 1.85 bits per heavy atom. The van der Waals surface area contributed by atoms with Crippen LogP contribution in [0.2, 0.25) is 0 Å². The zero-order valence-corrected chi connectivity index (χ0v) is 22.9. The Labute approximate surface area is 233 Å². The minimum absolute atomic E-state index is 0.0349. The van der Waals surface area contributed by atoms with Crippen molar-refractivity contribution in [3.05, 3.63) is 87.0 Å². The van der Waals surface area contributed by atoms with Crippen molar-refractivity contribution in [3.63, 3.8) is 0 Å². The Morgan fingerprint density at radius 1 is 1.20 bits per heavy atom. The lowest BCUT2D eigenvalue weighted by Gasteiger charge is -2.35. The number of allylic oxidation sites excluding steroid dienone is 1. The maximum Gasteiger partial charge on any atom is 0.416 e. The number of halogens is 3. The molecule has 0 bridgehead atoms. The second-order valence-corrected chi connectivity index (χ2v) is 11.5. The van der Waals surface area contributed by atoms with Gasteiger partial charge in [-0.2, -0.15) is 18.4 Å². The molecule has 1 aliphatic rings. The summed E-state index contributed by atoms with van der Waals surface area (Å²) in [5, 5.41) is 23.8. The fourth-order valence-electron chi connectivity index (χ4n) is 4.60. The van der Waals surface area contributed by atoms with E-state index in [4.69, 9.17) is 0 Å². The Balaban J connectivity index is 1.92. The van der Waals surface area contributed by atoms with E-state index >= 15 is 0 Å². The highest BCUT2D eigenvalue weighted by Gasteiger charge is 2.40. The van der Waals surface area contributed by atoms with Crippen LogP contribution in [0.25, 0.3) is 0 Å². The van der Waals surface area contributed by atoms with Gasteiger partial charge in [-0.15, -0.1) is 5.10 Å². The lowest BCUT2D eigenvalue weighted by Crippen LogP contribution is -2.38. The number of nitrogens with zero attached hydrogens (tertiary/aromatic N) is 6. The van der Waals surface area contributed by atoms with Crippen molar-refractivity contribution in [3.8, 4) is 6.07 Å². The highest BCUT2D eigenvalue weighted by molar-refractivity contribution is 7.88. The van der Waals surface area contributed by atoms with Crippen molar-refractivity contribution >= 4 is 27.6 Å². The molecule has 41 heavy (non-hydrogen) atoms. The number of anilines is 2. The van der Waals surface area contributed by atoms with Crippen LogP contribution in [0, 0.1) is 11.3 Å². The van der Waals surface area contributed by atoms with Gasteiger partial charge in [0, 0.05) is 31.5 Å². The average Bonchev–Trinajstić information content (AvgIpc) is 3.22. The maximum atomic E-state index is 13.7. The first-order valence-electron chi connectivity index (χ1n) is 12.2. The van der Waals surface area contributed by atoms with Gasteiger partial charge in [-0.25, -0.2) is 31.6 Å². The molecule has 0 spiro atoms. The monoisotopic (exact) mass is 590 g/mol. The van der Waals surface area contributed by atoms with Crippen LogP contribution in [0.4, 0.5) is 24.8 Å². The molecule has 216 valence electrons. The number of fused-ring (bicyclic) bond motifs is 1. The van der Waals surface area contributed by atoms with E-state index in [1.165, 1.54) is 55.3 Å². The van der Waals surface area contributed by atoms with Gasteiger partial charge in [0.05, 0.1) is 29.0 Å². The van der Waals surface area contributed by atoms with Gasteiger partial charge in [-0.3, -0.25) is 4.90 Å². The average molecular weight is 591 g/mol. The van der Waals surface area contributed by atoms with E-state index < -0.39 is 39.5 Å². The summed E-state index contributed by atoms with van der Waals surface area (Å²) in [5.41, 5.74) is -1.41. The summed E-state index contributed by atoms with van der Waals surface area (Å²) in [4.78, 5) is 27.5. The minimum atomic E-state index is -4.69. The molecule has 2 aromatic carbocycles. The molecule has 1 aliphatic heterocycles. The molecule has 0 saturated carbocycles. The Hall–Kier alpha value is -4.42. The van der Waals surface area contributed by atoms with E-state index in [1.54, 1.807) is 0 Å². The Morgan fingerprint density at radius 3 is 2.41 bits per heavy atom. The smallest absolute Gasteiger partial charge is 0.416 e. The van der Waals surface area contributed by atoms with Crippen LogP contribution in [0.15, 0.2) is 64.6 Å². The van der Waals surface area contributed by atoms with E-state index in [0.29, 0.717) is 11.1 Å². The summed E-state index contributed by atoms with van der Waals surface area (Å²) < 4.78 is 67.4. The first-order valence-corrected chi connectivity index (χ1v) is 14.0. The number of alkyl halides is 3. The fraction of sp³-hybridized carbons (Fsp3) is 0.308. The molecule has 0 radical (unpaired) electrons. The second-order valence-electron chi connectivity index (χ2n) is 9.44. The maximum absolute atomic E-state index is 13.7. The number of carboxylic acid groups (broad SMARTS) is 1.